The number of nitrogens with one attached hydrogen (secondary N) is 2. The number of aliphatic hydroxyl groups is 1. The third-order valence-electron chi connectivity index (χ3n) is 4.67. The van der Waals surface area contributed by atoms with Gasteiger partial charge in [-0.1, -0.05) is 12.1 Å². The van der Waals surface area contributed by atoms with Crippen LogP contribution in [-0.4, -0.2) is 50.5 Å². The van der Waals surface area contributed by atoms with E-state index < -0.39 is 6.10 Å². The monoisotopic (exact) mass is 343 g/mol. The molecule has 2 aromatic rings. The molecule has 1 saturated heterocycles. The van der Waals surface area contributed by atoms with Crippen LogP contribution in [-0.2, 0) is 0 Å². The number of hydrogen-bond acceptors (Lipinski definition) is 3. The largest absolute Gasteiger partial charge is 0.491 e. The van der Waals surface area contributed by atoms with Crippen molar-refractivity contribution in [3.05, 3.63) is 53.7 Å². The minimum absolute atomic E-state index is 0.350. The minimum Gasteiger partial charge on any atom is -0.491 e. The molecule has 25 heavy (non-hydrogen) atoms. The molecule has 1 aliphatic rings. The van der Waals surface area contributed by atoms with Crippen LogP contribution >= 0.6 is 0 Å². The van der Waals surface area contributed by atoms with Gasteiger partial charge in [0.25, 0.3) is 5.82 Å². The van der Waals surface area contributed by atoms with Crippen LogP contribution in [0.15, 0.2) is 42.6 Å². The van der Waals surface area contributed by atoms with E-state index in [9.17, 15) is 5.11 Å². The summed E-state index contributed by atoms with van der Waals surface area (Å²) in [6.45, 7) is 9.27. The molecule has 0 saturated carbocycles. The first-order valence-electron chi connectivity index (χ1n) is 9.04. The van der Waals surface area contributed by atoms with Gasteiger partial charge in [-0.25, -0.2) is 4.98 Å². The maximum atomic E-state index is 10.3. The van der Waals surface area contributed by atoms with Crippen LogP contribution in [0, 0.1) is 13.8 Å². The Morgan fingerprint density at radius 2 is 1.88 bits per heavy atom. The average Bonchev–Trinajstić information content (AvgIpc) is 2.61. The van der Waals surface area contributed by atoms with Crippen LogP contribution in [0.4, 0.5) is 5.82 Å². The Kier molecular flexibility index (Phi) is 5.89. The fourth-order valence-electron chi connectivity index (χ4n) is 3.45. The number of ether oxygens (including phenoxy) is 1. The van der Waals surface area contributed by atoms with E-state index in [-0.39, 0.29) is 0 Å². The van der Waals surface area contributed by atoms with E-state index >= 15 is 0 Å². The summed E-state index contributed by atoms with van der Waals surface area (Å²) in [6.07, 6.45) is 1.52. The van der Waals surface area contributed by atoms with Crippen LogP contribution in [0.5, 0.6) is 5.75 Å². The highest BCUT2D eigenvalue weighted by molar-refractivity contribution is 5.33. The van der Waals surface area contributed by atoms with E-state index in [1.54, 1.807) is 0 Å². The molecule has 0 spiro atoms. The van der Waals surface area contributed by atoms with Crippen LogP contribution in [0.1, 0.15) is 11.1 Å². The zero-order valence-corrected chi connectivity index (χ0v) is 15.2. The number of hydrogen-bond donors (Lipinski definition) is 2. The summed E-state index contributed by atoms with van der Waals surface area (Å²) < 4.78 is 5.78. The minimum atomic E-state index is -0.439. The van der Waals surface area contributed by atoms with Crippen LogP contribution in [0.3, 0.4) is 0 Å². The van der Waals surface area contributed by atoms with E-state index in [1.807, 2.05) is 24.4 Å². The lowest BCUT2D eigenvalue weighted by Gasteiger charge is -2.29. The standard InChI is InChI=1S/C20H27N3O2/c1-16-11-17(2)13-19(12-16)25-15-18(24)14-22-7-9-23(10-8-22)20-5-3-4-6-21-20/h3-6,11-13,18,24H,7-10,14-15H2,1-2H3/p+2/t18-/m0/s1. The van der Waals surface area contributed by atoms with Crippen molar-refractivity contribution >= 4 is 5.82 Å². The third kappa shape index (κ3) is 5.18. The van der Waals surface area contributed by atoms with Gasteiger partial charge in [0.2, 0.25) is 0 Å². The zero-order valence-electron chi connectivity index (χ0n) is 15.2. The number of aliphatic hydroxyl groups excluding tert-OH is 1. The Hall–Kier alpha value is -2.11. The first kappa shape index (κ1) is 17.7. The Bertz CT molecular complexity index is 650. The molecule has 0 bridgehead atoms. The highest BCUT2D eigenvalue weighted by Crippen LogP contribution is 2.16. The Balaban J connectivity index is 1.42. The Morgan fingerprint density at radius 1 is 1.16 bits per heavy atom. The van der Waals surface area contributed by atoms with Gasteiger partial charge in [-0.15, -0.1) is 0 Å². The molecule has 5 heteroatoms. The second-order valence-corrected chi connectivity index (χ2v) is 6.98. The van der Waals surface area contributed by atoms with Gasteiger partial charge in [-0.3, -0.25) is 4.90 Å². The smallest absolute Gasteiger partial charge is 0.274 e. The van der Waals surface area contributed by atoms with Gasteiger partial charge in [0, 0.05) is 6.07 Å². The molecule has 1 atom stereocenters. The summed E-state index contributed by atoms with van der Waals surface area (Å²) in [5, 5.41) is 10.3. The number of nitrogens with zero attached hydrogens (tertiary/aromatic N) is 1. The van der Waals surface area contributed by atoms with Crippen molar-refractivity contribution in [2.24, 2.45) is 0 Å². The fourth-order valence-corrected chi connectivity index (χ4v) is 3.45. The normalized spacial score (nSPS) is 16.7. The Labute approximate surface area is 149 Å². The van der Waals surface area contributed by atoms with Gasteiger partial charge < -0.3 is 14.7 Å². The van der Waals surface area contributed by atoms with Crippen molar-refractivity contribution < 1.29 is 19.7 Å². The van der Waals surface area contributed by atoms with Gasteiger partial charge in [-0.2, -0.15) is 0 Å². The van der Waals surface area contributed by atoms with Crippen LogP contribution in [0.25, 0.3) is 0 Å². The predicted molar refractivity (Wildman–Crippen MR) is 98.2 cm³/mol. The number of H-pyrrole nitrogens is 1. The third-order valence-corrected chi connectivity index (χ3v) is 4.67. The van der Waals surface area contributed by atoms with Crippen molar-refractivity contribution in [3.63, 3.8) is 0 Å². The number of benzene rings is 1. The lowest BCUT2D eigenvalue weighted by atomic mass is 10.1. The molecule has 2 heterocycles. The lowest BCUT2D eigenvalue weighted by Crippen LogP contribution is -3.16. The highest BCUT2D eigenvalue weighted by Gasteiger charge is 2.27. The molecule has 1 fully saturated rings. The molecule has 1 aromatic heterocycles. The molecule has 3 rings (SSSR count). The SMILES string of the molecule is Cc1cc(C)cc(OC[C@@H](O)C[NH+]2CCN(c3cccc[nH+]3)CC2)c1. The van der Waals surface area contributed by atoms with Crippen LogP contribution < -0.4 is 19.5 Å². The van der Waals surface area contributed by atoms with Gasteiger partial charge in [0.15, 0.2) is 0 Å². The summed E-state index contributed by atoms with van der Waals surface area (Å²) >= 11 is 0. The molecular weight excluding hydrogens is 314 g/mol. The molecule has 5 nitrogen and oxygen atoms in total. The van der Waals surface area contributed by atoms with Crippen molar-refractivity contribution in [2.45, 2.75) is 20.0 Å². The summed E-state index contributed by atoms with van der Waals surface area (Å²) in [6, 6.07) is 12.3. The van der Waals surface area contributed by atoms with Crippen molar-refractivity contribution in [2.75, 3.05) is 44.2 Å². The average molecular weight is 343 g/mol. The number of aromatic amines is 1. The molecule has 0 radical (unpaired) electrons. The second kappa shape index (κ2) is 8.32. The number of aryl methyl sites for hydroxylation is 2. The van der Waals surface area contributed by atoms with Crippen LogP contribution in [0.2, 0.25) is 0 Å². The molecule has 1 aliphatic heterocycles. The maximum absolute atomic E-state index is 10.3. The molecule has 134 valence electrons. The van der Waals surface area contributed by atoms with Gasteiger partial charge in [-0.05, 0) is 43.2 Å². The summed E-state index contributed by atoms with van der Waals surface area (Å²) in [7, 11) is 0. The molecule has 0 amide bonds. The maximum Gasteiger partial charge on any atom is 0.274 e. The zero-order chi connectivity index (χ0) is 17.6. The first-order valence-corrected chi connectivity index (χ1v) is 9.04. The molecular formula is C20H29N3O2+2. The van der Waals surface area contributed by atoms with Crippen molar-refractivity contribution in [3.8, 4) is 5.75 Å². The summed E-state index contributed by atoms with van der Waals surface area (Å²) in [5.41, 5.74) is 2.37. The quantitative estimate of drug-likeness (QED) is 0.791. The number of aromatic nitrogens is 1. The topological polar surface area (TPSA) is 51.3 Å². The van der Waals surface area contributed by atoms with Crippen molar-refractivity contribution in [1.82, 2.24) is 0 Å². The molecule has 0 aliphatic carbocycles. The molecule has 3 N–H and O–H groups in total. The van der Waals surface area contributed by atoms with E-state index in [0.717, 1.165) is 38.5 Å². The fraction of sp³-hybridized carbons (Fsp3) is 0.450. The van der Waals surface area contributed by atoms with Crippen molar-refractivity contribution in [1.29, 1.82) is 0 Å². The highest BCUT2D eigenvalue weighted by atomic mass is 16.5. The predicted octanol–water partition coefficient (Wildman–Crippen LogP) is 0.262. The van der Waals surface area contributed by atoms with Gasteiger partial charge in [0.05, 0.1) is 6.20 Å². The molecule has 0 unspecified atom stereocenters. The number of quaternary nitrogens is 1. The summed E-state index contributed by atoms with van der Waals surface area (Å²) in [4.78, 5) is 7.09. The van der Waals surface area contributed by atoms with E-state index in [1.165, 1.54) is 21.8 Å². The summed E-state index contributed by atoms with van der Waals surface area (Å²) in [5.74, 6) is 2.01. The second-order valence-electron chi connectivity index (χ2n) is 6.98. The Morgan fingerprint density at radius 3 is 2.52 bits per heavy atom. The van der Waals surface area contributed by atoms with E-state index in [4.69, 9.17) is 4.74 Å². The van der Waals surface area contributed by atoms with E-state index in [0.29, 0.717) is 6.61 Å². The first-order chi connectivity index (χ1) is 12.1. The number of rotatable bonds is 6. The van der Waals surface area contributed by atoms with E-state index in [2.05, 4.69) is 41.9 Å². The van der Waals surface area contributed by atoms with Gasteiger partial charge >= 0.3 is 0 Å². The van der Waals surface area contributed by atoms with Gasteiger partial charge in [0.1, 0.15) is 51.2 Å². The lowest BCUT2D eigenvalue weighted by molar-refractivity contribution is -0.903. The number of piperazine rings is 1. The molecule has 1 aromatic carbocycles. The number of pyridine rings is 1. The number of anilines is 1.